The van der Waals surface area contributed by atoms with E-state index in [9.17, 15) is 9.59 Å². The van der Waals surface area contributed by atoms with Gasteiger partial charge < -0.3 is 10.1 Å². The van der Waals surface area contributed by atoms with Gasteiger partial charge in [-0.25, -0.2) is 0 Å². The molecule has 2 N–H and O–H groups in total. The average molecular weight is 415 g/mol. The molecular weight excluding hydrogens is 396 g/mol. The highest BCUT2D eigenvalue weighted by molar-refractivity contribution is 8.01. The van der Waals surface area contributed by atoms with E-state index in [2.05, 4.69) is 20.8 Å². The third-order valence-corrected chi connectivity index (χ3v) is 5.40. The van der Waals surface area contributed by atoms with Gasteiger partial charge >= 0.3 is 0 Å². The van der Waals surface area contributed by atoms with Crippen LogP contribution in [-0.2, 0) is 4.79 Å². The predicted octanol–water partition coefficient (Wildman–Crippen LogP) is 3.08. The van der Waals surface area contributed by atoms with E-state index in [0.717, 1.165) is 5.75 Å². The lowest BCUT2D eigenvalue weighted by atomic mass is 10.2. The van der Waals surface area contributed by atoms with Crippen molar-refractivity contribution in [3.05, 3.63) is 66.2 Å². The largest absolute Gasteiger partial charge is 0.492 e. The first-order valence-corrected chi connectivity index (χ1v) is 10.3. The van der Waals surface area contributed by atoms with E-state index in [4.69, 9.17) is 4.74 Å². The minimum absolute atomic E-state index is 0.119. The number of nitrogens with zero attached hydrogens (tertiary/aromatic N) is 2. The van der Waals surface area contributed by atoms with Crippen molar-refractivity contribution in [2.24, 2.45) is 0 Å². The molecule has 3 rings (SSSR count). The molecule has 0 fully saturated rings. The number of hydrogen-bond acceptors (Lipinski definition) is 7. The molecule has 2 aromatic carbocycles. The molecule has 144 valence electrons. The van der Waals surface area contributed by atoms with Gasteiger partial charge in [0.05, 0.1) is 12.3 Å². The second-order valence-corrected chi connectivity index (χ2v) is 7.69. The van der Waals surface area contributed by atoms with E-state index in [1.165, 1.54) is 23.1 Å². The van der Waals surface area contributed by atoms with Crippen LogP contribution in [0.2, 0.25) is 0 Å². The van der Waals surface area contributed by atoms with Crippen LogP contribution >= 0.6 is 23.1 Å². The van der Waals surface area contributed by atoms with Crippen LogP contribution in [0.5, 0.6) is 5.75 Å². The third kappa shape index (κ3) is 6.36. The minimum Gasteiger partial charge on any atom is -0.492 e. The van der Waals surface area contributed by atoms with Gasteiger partial charge in [-0.3, -0.25) is 14.9 Å². The quantitative estimate of drug-likeness (QED) is 0.318. The second-order valence-electron chi connectivity index (χ2n) is 5.49. The lowest BCUT2D eigenvalue weighted by Crippen LogP contribution is -2.29. The molecule has 0 bridgehead atoms. The van der Waals surface area contributed by atoms with Crippen LogP contribution in [0.3, 0.4) is 0 Å². The summed E-state index contributed by atoms with van der Waals surface area (Å²) in [5.74, 6) is 0.619. The molecule has 0 saturated carbocycles. The van der Waals surface area contributed by atoms with Crippen molar-refractivity contribution >= 4 is 40.0 Å². The fraction of sp³-hybridized carbons (Fsp3) is 0.158. The topological polar surface area (TPSA) is 93.2 Å². The van der Waals surface area contributed by atoms with Crippen LogP contribution in [-0.4, -0.2) is 40.9 Å². The molecule has 0 unspecified atom stereocenters. The summed E-state index contributed by atoms with van der Waals surface area (Å²) in [5.41, 5.74) is 0.545. The molecule has 0 aliphatic heterocycles. The molecule has 1 aromatic heterocycles. The number of amides is 2. The van der Waals surface area contributed by atoms with Gasteiger partial charge in [0.15, 0.2) is 4.34 Å². The number of para-hydroxylation sites is 1. The maximum Gasteiger partial charge on any atom is 0.257 e. The zero-order valence-corrected chi connectivity index (χ0v) is 16.5. The van der Waals surface area contributed by atoms with Gasteiger partial charge in [-0.05, 0) is 24.3 Å². The maximum absolute atomic E-state index is 12.1. The number of carbonyl (C=O) groups excluding carboxylic acids is 2. The second kappa shape index (κ2) is 10.4. The van der Waals surface area contributed by atoms with Crippen LogP contribution in [0.25, 0.3) is 0 Å². The Balaban J connectivity index is 1.35. The van der Waals surface area contributed by atoms with Crippen molar-refractivity contribution in [2.75, 3.05) is 24.2 Å². The average Bonchev–Trinajstić information content (AvgIpc) is 3.18. The summed E-state index contributed by atoms with van der Waals surface area (Å²) in [4.78, 5) is 24.0. The fourth-order valence-corrected chi connectivity index (χ4v) is 3.71. The number of aromatic nitrogens is 2. The van der Waals surface area contributed by atoms with Crippen molar-refractivity contribution in [2.45, 2.75) is 4.34 Å². The van der Waals surface area contributed by atoms with Gasteiger partial charge in [-0.2, -0.15) is 0 Å². The molecule has 0 aliphatic rings. The van der Waals surface area contributed by atoms with Crippen LogP contribution in [0.15, 0.2) is 65.0 Å². The molecule has 9 heteroatoms. The van der Waals surface area contributed by atoms with Gasteiger partial charge in [0.2, 0.25) is 11.0 Å². The van der Waals surface area contributed by atoms with Gasteiger partial charge in [-0.15, -0.1) is 10.2 Å². The smallest absolute Gasteiger partial charge is 0.257 e. The van der Waals surface area contributed by atoms with E-state index in [0.29, 0.717) is 28.2 Å². The summed E-state index contributed by atoms with van der Waals surface area (Å²) >= 11 is 2.50. The number of rotatable bonds is 9. The van der Waals surface area contributed by atoms with Crippen LogP contribution < -0.4 is 15.4 Å². The summed E-state index contributed by atoms with van der Waals surface area (Å²) in [6.45, 7) is 0.817. The maximum atomic E-state index is 12.1. The minimum atomic E-state index is -0.246. The molecule has 0 spiro atoms. The summed E-state index contributed by atoms with van der Waals surface area (Å²) < 4.78 is 6.12. The molecule has 28 heavy (non-hydrogen) atoms. The van der Waals surface area contributed by atoms with Crippen LogP contribution in [0, 0.1) is 0 Å². The van der Waals surface area contributed by atoms with E-state index in [1.54, 1.807) is 24.3 Å². The highest BCUT2D eigenvalue weighted by atomic mass is 32.2. The van der Waals surface area contributed by atoms with Gasteiger partial charge in [-0.1, -0.05) is 59.5 Å². The van der Waals surface area contributed by atoms with Crippen molar-refractivity contribution in [3.63, 3.8) is 0 Å². The lowest BCUT2D eigenvalue weighted by molar-refractivity contribution is -0.118. The van der Waals surface area contributed by atoms with Crippen LogP contribution in [0.4, 0.5) is 5.13 Å². The first kappa shape index (κ1) is 19.8. The number of carbonyl (C=O) groups is 2. The molecule has 1 heterocycles. The Morgan fingerprint density at radius 1 is 1.00 bits per heavy atom. The highest BCUT2D eigenvalue weighted by Crippen LogP contribution is 2.25. The van der Waals surface area contributed by atoms with Gasteiger partial charge in [0, 0.05) is 5.56 Å². The van der Waals surface area contributed by atoms with E-state index >= 15 is 0 Å². The molecular formula is C19H18N4O3S2. The standard InChI is InChI=1S/C19H18N4O3S2/c24-16(20-11-12-26-15-9-5-2-6-10-15)13-27-19-23-22-18(28-19)21-17(25)14-7-3-1-4-8-14/h1-10H,11-13H2,(H,20,24)(H,21,22,25). The van der Waals surface area contributed by atoms with E-state index in [1.807, 2.05) is 36.4 Å². The summed E-state index contributed by atoms with van der Waals surface area (Å²) in [6, 6.07) is 18.3. The van der Waals surface area contributed by atoms with Crippen molar-refractivity contribution in [3.8, 4) is 5.75 Å². The number of hydrogen-bond donors (Lipinski definition) is 2. The van der Waals surface area contributed by atoms with Crippen LogP contribution in [0.1, 0.15) is 10.4 Å². The Bertz CT molecular complexity index is 904. The Morgan fingerprint density at radius 2 is 1.71 bits per heavy atom. The molecule has 0 saturated heterocycles. The number of ether oxygens (including phenoxy) is 1. The van der Waals surface area contributed by atoms with Gasteiger partial charge in [0.1, 0.15) is 12.4 Å². The number of anilines is 1. The summed E-state index contributed by atoms with van der Waals surface area (Å²) in [7, 11) is 0. The first-order valence-electron chi connectivity index (χ1n) is 8.48. The highest BCUT2D eigenvalue weighted by Gasteiger charge is 2.11. The van der Waals surface area contributed by atoms with Gasteiger partial charge in [0.25, 0.3) is 5.91 Å². The SMILES string of the molecule is O=C(CSc1nnc(NC(=O)c2ccccc2)s1)NCCOc1ccccc1. The normalized spacial score (nSPS) is 10.3. The lowest BCUT2D eigenvalue weighted by Gasteiger charge is -2.07. The van der Waals surface area contributed by atoms with E-state index in [-0.39, 0.29) is 17.6 Å². The number of thioether (sulfide) groups is 1. The zero-order chi connectivity index (χ0) is 19.6. The summed E-state index contributed by atoms with van der Waals surface area (Å²) in [5, 5.41) is 13.8. The monoisotopic (exact) mass is 414 g/mol. The molecule has 2 amide bonds. The number of benzene rings is 2. The Morgan fingerprint density at radius 3 is 2.46 bits per heavy atom. The third-order valence-electron chi connectivity index (χ3n) is 3.43. The Labute approximate surface area is 170 Å². The molecule has 0 radical (unpaired) electrons. The first-order chi connectivity index (χ1) is 13.7. The molecule has 3 aromatic rings. The molecule has 0 aliphatic carbocycles. The molecule has 7 nitrogen and oxygen atoms in total. The van der Waals surface area contributed by atoms with Crippen molar-refractivity contribution in [1.82, 2.24) is 15.5 Å². The Hall–Kier alpha value is -2.91. The van der Waals surface area contributed by atoms with E-state index < -0.39 is 0 Å². The van der Waals surface area contributed by atoms with Crippen molar-refractivity contribution in [1.29, 1.82) is 0 Å². The Kier molecular flexibility index (Phi) is 7.39. The van der Waals surface area contributed by atoms with Crippen molar-refractivity contribution < 1.29 is 14.3 Å². The summed E-state index contributed by atoms with van der Waals surface area (Å²) in [6.07, 6.45) is 0. The number of nitrogens with one attached hydrogen (secondary N) is 2. The molecule has 0 atom stereocenters. The predicted molar refractivity (Wildman–Crippen MR) is 110 cm³/mol. The fourth-order valence-electron chi connectivity index (χ4n) is 2.13. The zero-order valence-electron chi connectivity index (χ0n) is 14.8.